The van der Waals surface area contributed by atoms with Gasteiger partial charge in [-0.05, 0) is 0 Å². The Morgan fingerprint density at radius 2 is 2.06 bits per heavy atom. The second-order valence-corrected chi connectivity index (χ2v) is 3.85. The van der Waals surface area contributed by atoms with E-state index in [0.717, 1.165) is 13.6 Å². The minimum atomic E-state index is -0.417. The summed E-state index contributed by atoms with van der Waals surface area (Å²) in [6.45, 7) is 1.94. The van der Waals surface area contributed by atoms with Gasteiger partial charge in [0.1, 0.15) is 0 Å². The van der Waals surface area contributed by atoms with Crippen LogP contribution in [0.4, 0.5) is 0 Å². The first-order valence-electron chi connectivity index (χ1n) is 5.67. The summed E-state index contributed by atoms with van der Waals surface area (Å²) in [6, 6.07) is 9.91. The fourth-order valence-corrected chi connectivity index (χ4v) is 1.70. The van der Waals surface area contributed by atoms with E-state index in [1.807, 2.05) is 37.3 Å². The Kier molecular flexibility index (Phi) is 5.97. The van der Waals surface area contributed by atoms with Gasteiger partial charge in [-0.25, -0.2) is 0 Å². The molecule has 2 unspecified atom stereocenters. The van der Waals surface area contributed by atoms with Crippen molar-refractivity contribution < 1.29 is 9.81 Å². The second kappa shape index (κ2) is 7.31. The molecule has 0 bridgehead atoms. The zero-order valence-corrected chi connectivity index (χ0v) is 9.60. The summed E-state index contributed by atoms with van der Waals surface area (Å²) >= 11 is 0. The van der Waals surface area contributed by atoms with Crippen LogP contribution >= 0.6 is 0 Å². The third-order valence-electron chi connectivity index (χ3n) is 2.64. The fourth-order valence-electron chi connectivity index (χ4n) is 1.70. The van der Waals surface area contributed by atoms with Crippen molar-refractivity contribution >= 4 is 7.15 Å². The number of hydrogen-bond donors (Lipinski definition) is 2. The van der Waals surface area contributed by atoms with Crippen LogP contribution in [0.15, 0.2) is 30.3 Å². The van der Waals surface area contributed by atoms with E-state index >= 15 is 0 Å². The second-order valence-electron chi connectivity index (χ2n) is 3.85. The first kappa shape index (κ1) is 13.1. The third kappa shape index (κ3) is 4.25. The molecule has 0 heterocycles. The molecule has 4 heteroatoms. The van der Waals surface area contributed by atoms with Crippen LogP contribution in [0.5, 0.6) is 0 Å². The van der Waals surface area contributed by atoms with Crippen LogP contribution < -0.4 is 5.32 Å². The van der Waals surface area contributed by atoms with E-state index in [1.54, 1.807) is 0 Å². The zero-order valence-electron chi connectivity index (χ0n) is 9.60. The predicted octanol–water partition coefficient (Wildman–Crippen LogP) is 0.965. The van der Waals surface area contributed by atoms with Gasteiger partial charge in [-0.2, -0.15) is 0 Å². The summed E-state index contributed by atoms with van der Waals surface area (Å²) < 4.78 is 10.3. The molecule has 0 aliphatic rings. The van der Waals surface area contributed by atoms with Crippen LogP contribution in [-0.2, 0) is 11.1 Å². The van der Waals surface area contributed by atoms with Crippen molar-refractivity contribution in [1.29, 1.82) is 0 Å². The molecule has 2 N–H and O–H groups in total. The van der Waals surface area contributed by atoms with E-state index < -0.39 is 6.10 Å². The Labute approximate surface area is 97.1 Å². The molecule has 0 aliphatic carbocycles. The molecule has 0 aliphatic heterocycles. The van der Waals surface area contributed by atoms with Gasteiger partial charge in [0.25, 0.3) is 0 Å². The van der Waals surface area contributed by atoms with E-state index in [0.29, 0.717) is 6.42 Å². The Morgan fingerprint density at radius 3 is 2.62 bits per heavy atom. The molecule has 0 saturated heterocycles. The molecular formula is C12H18BNO2. The number of benzene rings is 1. The van der Waals surface area contributed by atoms with Crippen molar-refractivity contribution in [2.24, 2.45) is 0 Å². The number of hydrogen-bond acceptors (Lipinski definition) is 3. The van der Waals surface area contributed by atoms with E-state index in [2.05, 4.69) is 5.32 Å². The van der Waals surface area contributed by atoms with Gasteiger partial charge in [0.05, 0.1) is 0 Å². The molecule has 0 amide bonds. The van der Waals surface area contributed by atoms with Crippen LogP contribution in [0, 0.1) is 0 Å². The molecule has 0 saturated carbocycles. The number of nitrogens with one attached hydrogen (secondary N) is 1. The van der Waals surface area contributed by atoms with Gasteiger partial charge >= 0.3 is 96.5 Å². The van der Waals surface area contributed by atoms with Gasteiger partial charge in [0.15, 0.2) is 0 Å². The van der Waals surface area contributed by atoms with Crippen molar-refractivity contribution in [3.63, 3.8) is 0 Å². The monoisotopic (exact) mass is 219 g/mol. The number of rotatable bonds is 7. The molecule has 0 aromatic heterocycles. The Bertz CT molecular complexity index is 305. The van der Waals surface area contributed by atoms with Crippen LogP contribution in [0.3, 0.4) is 0 Å². The maximum absolute atomic E-state index is 10.3. The van der Waals surface area contributed by atoms with Crippen molar-refractivity contribution in [3.8, 4) is 0 Å². The summed E-state index contributed by atoms with van der Waals surface area (Å²) in [5, 5.41) is 12.9. The van der Waals surface area contributed by atoms with E-state index in [1.165, 1.54) is 5.56 Å². The molecule has 0 fully saturated rings. The summed E-state index contributed by atoms with van der Waals surface area (Å²) in [4.78, 5) is 0. The Morgan fingerprint density at radius 1 is 1.38 bits per heavy atom. The first-order valence-corrected chi connectivity index (χ1v) is 5.67. The predicted molar refractivity (Wildman–Crippen MR) is 64.7 cm³/mol. The molecular weight excluding hydrogens is 201 g/mol. The topological polar surface area (TPSA) is 49.3 Å². The van der Waals surface area contributed by atoms with Gasteiger partial charge in [-0.1, -0.05) is 0 Å². The normalized spacial score (nSPS) is 14.1. The Balaban J connectivity index is 2.59. The molecule has 0 spiro atoms. The maximum atomic E-state index is 10.3. The minimum absolute atomic E-state index is 0.0578. The average Bonchev–Trinajstić information content (AvgIpc) is 2.34. The van der Waals surface area contributed by atoms with E-state index in [9.17, 15) is 9.81 Å². The van der Waals surface area contributed by atoms with Crippen molar-refractivity contribution in [3.05, 3.63) is 35.9 Å². The molecule has 86 valence electrons. The van der Waals surface area contributed by atoms with Crippen LogP contribution in [0.2, 0.25) is 0 Å². The average molecular weight is 219 g/mol. The van der Waals surface area contributed by atoms with Crippen LogP contribution in [0.25, 0.3) is 0 Å². The standard InChI is InChI=1S/C12H18BNO2/c1-2-12(15)11(14-9-13-16)8-10-6-4-3-5-7-10/h3-7,11-12,14-15H,2,8-9H2,1H3. The van der Waals surface area contributed by atoms with Gasteiger partial charge in [0, 0.05) is 0 Å². The van der Waals surface area contributed by atoms with Crippen molar-refractivity contribution in [2.45, 2.75) is 31.9 Å². The fraction of sp³-hybridized carbons (Fsp3) is 0.500. The van der Waals surface area contributed by atoms with Crippen LogP contribution in [0.1, 0.15) is 18.9 Å². The molecule has 2 atom stereocenters. The molecule has 16 heavy (non-hydrogen) atoms. The molecule has 1 aromatic carbocycles. The quantitative estimate of drug-likeness (QED) is 0.671. The molecule has 1 aromatic rings. The Hall–Kier alpha value is -0.995. The summed E-state index contributed by atoms with van der Waals surface area (Å²) in [5.74, 6) is 0. The van der Waals surface area contributed by atoms with Gasteiger partial charge in [0.2, 0.25) is 0 Å². The third-order valence-corrected chi connectivity index (χ3v) is 2.64. The number of aliphatic hydroxyl groups is 1. The zero-order chi connectivity index (χ0) is 11.8. The number of aliphatic hydroxyl groups excluding tert-OH is 1. The van der Waals surface area contributed by atoms with Crippen molar-refractivity contribution in [2.75, 3.05) is 6.44 Å². The SMILES string of the molecule is CCC(O)C(Cc1ccccc1)NCB=O. The molecule has 1 rings (SSSR count). The van der Waals surface area contributed by atoms with Gasteiger partial charge < -0.3 is 0 Å². The molecule has 0 radical (unpaired) electrons. The molecule has 3 nitrogen and oxygen atoms in total. The van der Waals surface area contributed by atoms with Crippen molar-refractivity contribution in [1.82, 2.24) is 5.32 Å². The van der Waals surface area contributed by atoms with Crippen LogP contribution in [-0.4, -0.2) is 30.8 Å². The summed E-state index contributed by atoms with van der Waals surface area (Å²) in [6.07, 6.45) is 1.29. The summed E-state index contributed by atoms with van der Waals surface area (Å²) in [5.41, 5.74) is 1.17. The first-order chi connectivity index (χ1) is 7.77. The summed E-state index contributed by atoms with van der Waals surface area (Å²) in [7, 11) is 0.820. The van der Waals surface area contributed by atoms with Gasteiger partial charge in [-0.15, -0.1) is 0 Å². The van der Waals surface area contributed by atoms with E-state index in [4.69, 9.17) is 0 Å². The van der Waals surface area contributed by atoms with Gasteiger partial charge in [-0.3, -0.25) is 0 Å². The van der Waals surface area contributed by atoms with E-state index in [-0.39, 0.29) is 12.5 Å².